The van der Waals surface area contributed by atoms with Crippen LogP contribution in [0.5, 0.6) is 5.75 Å². The molecule has 0 aromatic heterocycles. The van der Waals surface area contributed by atoms with Gasteiger partial charge in [0, 0.05) is 18.5 Å². The van der Waals surface area contributed by atoms with Crippen LogP contribution in [-0.4, -0.2) is 36.3 Å². The van der Waals surface area contributed by atoms with Crippen LogP contribution in [0, 0.1) is 5.92 Å². The minimum Gasteiger partial charge on any atom is -0.493 e. The van der Waals surface area contributed by atoms with Crippen LogP contribution in [0.15, 0.2) is 24.3 Å². The van der Waals surface area contributed by atoms with Crippen LogP contribution in [0.4, 0.5) is 0 Å². The third-order valence-corrected chi connectivity index (χ3v) is 4.59. The first-order valence-corrected chi connectivity index (χ1v) is 9.04. The Balaban J connectivity index is 0.00000312. The van der Waals surface area contributed by atoms with Crippen LogP contribution in [0.25, 0.3) is 0 Å². The van der Waals surface area contributed by atoms with Gasteiger partial charge in [-0.15, -0.1) is 12.4 Å². The summed E-state index contributed by atoms with van der Waals surface area (Å²) in [5.74, 6) is 0.939. The SMILES string of the molecule is CCCOc1ccccc1CCCNC(=O)[C@H]1CC[C@@H](O)[C@H](N)C1.Cl. The van der Waals surface area contributed by atoms with Crippen LogP contribution in [-0.2, 0) is 11.2 Å². The van der Waals surface area contributed by atoms with Gasteiger partial charge in [-0.05, 0) is 50.2 Å². The smallest absolute Gasteiger partial charge is 0.223 e. The van der Waals surface area contributed by atoms with E-state index >= 15 is 0 Å². The van der Waals surface area contributed by atoms with Crippen LogP contribution in [0.3, 0.4) is 0 Å². The average Bonchev–Trinajstić information content (AvgIpc) is 2.60. The number of ether oxygens (including phenoxy) is 1. The minimum atomic E-state index is -0.464. The summed E-state index contributed by atoms with van der Waals surface area (Å²) < 4.78 is 5.76. The lowest BCUT2D eigenvalue weighted by atomic mass is 9.83. The summed E-state index contributed by atoms with van der Waals surface area (Å²) in [7, 11) is 0. The van der Waals surface area contributed by atoms with Gasteiger partial charge in [-0.2, -0.15) is 0 Å². The standard InChI is InChI=1S/C19H30N2O3.ClH/c1-2-12-24-18-8-4-3-6-14(18)7-5-11-21-19(23)15-9-10-17(22)16(20)13-15;/h3-4,6,8,15-17,22H,2,5,7,9-13,20H2,1H3,(H,21,23);1H/t15-,16+,17+;/m0./s1. The van der Waals surface area contributed by atoms with Crippen molar-refractivity contribution in [2.24, 2.45) is 11.7 Å². The summed E-state index contributed by atoms with van der Waals surface area (Å²) in [4.78, 5) is 12.2. The number of halogens is 1. The Morgan fingerprint density at radius 3 is 2.84 bits per heavy atom. The summed E-state index contributed by atoms with van der Waals surface area (Å²) >= 11 is 0. The van der Waals surface area contributed by atoms with Crippen molar-refractivity contribution in [1.82, 2.24) is 5.32 Å². The molecule has 1 aliphatic rings. The number of carbonyl (C=O) groups is 1. The molecule has 1 amide bonds. The molecule has 1 aliphatic carbocycles. The fourth-order valence-electron chi connectivity index (χ4n) is 3.13. The Kier molecular flexibility index (Phi) is 9.86. The number of para-hydroxylation sites is 1. The van der Waals surface area contributed by atoms with Crippen LogP contribution >= 0.6 is 12.4 Å². The molecule has 0 saturated heterocycles. The summed E-state index contributed by atoms with van der Waals surface area (Å²) in [6.07, 6.45) is 4.18. The van der Waals surface area contributed by atoms with Gasteiger partial charge < -0.3 is 20.9 Å². The number of carbonyl (C=O) groups excluding carboxylic acids is 1. The molecule has 5 nitrogen and oxygen atoms in total. The first-order valence-electron chi connectivity index (χ1n) is 9.04. The quantitative estimate of drug-likeness (QED) is 0.613. The molecule has 6 heteroatoms. The zero-order valence-electron chi connectivity index (χ0n) is 14.9. The lowest BCUT2D eigenvalue weighted by Crippen LogP contribution is -2.45. The number of nitrogens with one attached hydrogen (secondary N) is 1. The second kappa shape index (κ2) is 11.3. The van der Waals surface area contributed by atoms with Gasteiger partial charge in [-0.3, -0.25) is 4.79 Å². The molecule has 1 aromatic carbocycles. The van der Waals surface area contributed by atoms with E-state index in [1.165, 1.54) is 5.56 Å². The molecular weight excluding hydrogens is 340 g/mol. The van der Waals surface area contributed by atoms with Gasteiger partial charge in [0.05, 0.1) is 12.7 Å². The maximum atomic E-state index is 12.2. The molecule has 25 heavy (non-hydrogen) atoms. The first kappa shape index (κ1) is 21.7. The number of nitrogens with two attached hydrogens (primary N) is 1. The van der Waals surface area contributed by atoms with E-state index in [4.69, 9.17) is 10.5 Å². The Hall–Kier alpha value is -1.30. The topological polar surface area (TPSA) is 84.6 Å². The number of aliphatic hydroxyl groups excluding tert-OH is 1. The van der Waals surface area contributed by atoms with Gasteiger partial charge in [0.2, 0.25) is 5.91 Å². The Morgan fingerprint density at radius 1 is 1.36 bits per heavy atom. The highest BCUT2D eigenvalue weighted by molar-refractivity contribution is 5.85. The molecular formula is C19H31ClN2O3. The number of benzene rings is 1. The summed E-state index contributed by atoms with van der Waals surface area (Å²) in [6, 6.07) is 7.79. The summed E-state index contributed by atoms with van der Waals surface area (Å²) in [5.41, 5.74) is 7.03. The van der Waals surface area contributed by atoms with Crippen LogP contribution in [0.2, 0.25) is 0 Å². The molecule has 142 valence electrons. The Labute approximate surface area is 156 Å². The van der Waals surface area contributed by atoms with Crippen LogP contribution in [0.1, 0.15) is 44.6 Å². The highest BCUT2D eigenvalue weighted by Crippen LogP contribution is 2.24. The Bertz CT molecular complexity index is 527. The van der Waals surface area contributed by atoms with Crippen molar-refractivity contribution in [3.63, 3.8) is 0 Å². The van der Waals surface area contributed by atoms with Crippen LogP contribution < -0.4 is 15.8 Å². The zero-order valence-corrected chi connectivity index (χ0v) is 15.8. The molecule has 0 bridgehead atoms. The lowest BCUT2D eigenvalue weighted by Gasteiger charge is -2.30. The first-order chi connectivity index (χ1) is 11.6. The van der Waals surface area contributed by atoms with Crippen molar-refractivity contribution in [3.8, 4) is 5.75 Å². The van der Waals surface area contributed by atoms with E-state index in [1.807, 2.05) is 18.2 Å². The molecule has 0 unspecified atom stereocenters. The second-order valence-corrected chi connectivity index (χ2v) is 6.59. The van der Waals surface area contributed by atoms with Gasteiger partial charge in [0.1, 0.15) is 5.75 Å². The maximum Gasteiger partial charge on any atom is 0.223 e. The van der Waals surface area contributed by atoms with E-state index in [0.717, 1.165) is 31.6 Å². The molecule has 0 heterocycles. The number of hydrogen-bond donors (Lipinski definition) is 3. The van der Waals surface area contributed by atoms with E-state index in [-0.39, 0.29) is 30.3 Å². The third kappa shape index (κ3) is 6.84. The van der Waals surface area contributed by atoms with Crippen molar-refractivity contribution < 1.29 is 14.6 Å². The molecule has 3 atom stereocenters. The van der Waals surface area contributed by atoms with E-state index in [2.05, 4.69) is 18.3 Å². The lowest BCUT2D eigenvalue weighted by molar-refractivity contribution is -0.126. The molecule has 1 aromatic rings. The van der Waals surface area contributed by atoms with E-state index in [1.54, 1.807) is 0 Å². The molecule has 1 fully saturated rings. The molecule has 1 saturated carbocycles. The summed E-state index contributed by atoms with van der Waals surface area (Å²) in [5, 5.41) is 12.6. The maximum absolute atomic E-state index is 12.2. The largest absolute Gasteiger partial charge is 0.493 e. The average molecular weight is 371 g/mol. The fraction of sp³-hybridized carbons (Fsp3) is 0.632. The number of aryl methyl sites for hydroxylation is 1. The van der Waals surface area contributed by atoms with E-state index in [9.17, 15) is 9.90 Å². The molecule has 0 spiro atoms. The van der Waals surface area contributed by atoms with E-state index < -0.39 is 6.10 Å². The highest BCUT2D eigenvalue weighted by atomic mass is 35.5. The zero-order chi connectivity index (χ0) is 17.4. The normalized spacial score (nSPS) is 22.8. The molecule has 0 aliphatic heterocycles. The fourth-order valence-corrected chi connectivity index (χ4v) is 3.13. The molecule has 2 rings (SSSR count). The van der Waals surface area contributed by atoms with Crippen molar-refractivity contribution in [2.75, 3.05) is 13.2 Å². The van der Waals surface area contributed by atoms with Gasteiger partial charge in [-0.25, -0.2) is 0 Å². The van der Waals surface area contributed by atoms with Crippen molar-refractivity contribution in [1.29, 1.82) is 0 Å². The third-order valence-electron chi connectivity index (χ3n) is 4.59. The van der Waals surface area contributed by atoms with Gasteiger partial charge in [0.25, 0.3) is 0 Å². The Morgan fingerprint density at radius 2 is 2.12 bits per heavy atom. The van der Waals surface area contributed by atoms with Gasteiger partial charge in [-0.1, -0.05) is 25.1 Å². The number of hydrogen-bond acceptors (Lipinski definition) is 4. The molecule has 4 N–H and O–H groups in total. The highest BCUT2D eigenvalue weighted by Gasteiger charge is 2.30. The minimum absolute atomic E-state index is 0. The van der Waals surface area contributed by atoms with Gasteiger partial charge in [0.15, 0.2) is 0 Å². The van der Waals surface area contributed by atoms with Crippen molar-refractivity contribution in [3.05, 3.63) is 29.8 Å². The van der Waals surface area contributed by atoms with Gasteiger partial charge >= 0.3 is 0 Å². The number of rotatable bonds is 8. The number of aliphatic hydroxyl groups is 1. The monoisotopic (exact) mass is 370 g/mol. The number of amides is 1. The van der Waals surface area contributed by atoms with Crippen molar-refractivity contribution >= 4 is 18.3 Å². The molecule has 0 radical (unpaired) electrons. The predicted molar refractivity (Wildman–Crippen MR) is 102 cm³/mol. The summed E-state index contributed by atoms with van der Waals surface area (Å²) in [6.45, 7) is 3.46. The van der Waals surface area contributed by atoms with Crippen molar-refractivity contribution in [2.45, 2.75) is 57.6 Å². The van der Waals surface area contributed by atoms with E-state index in [0.29, 0.717) is 25.8 Å². The second-order valence-electron chi connectivity index (χ2n) is 6.59. The predicted octanol–water partition coefficient (Wildman–Crippen LogP) is 2.43.